The number of nitrogens with one attached hydrogen (secondary N) is 2. The zero-order chi connectivity index (χ0) is 28.8. The van der Waals surface area contributed by atoms with E-state index in [9.17, 15) is 9.70 Å². The molecule has 2 aromatic rings. The molecule has 1 aromatic carbocycles. The summed E-state index contributed by atoms with van der Waals surface area (Å²) in [5, 5.41) is 11.6. The van der Waals surface area contributed by atoms with Gasteiger partial charge in [-0.3, -0.25) is 4.79 Å². The van der Waals surface area contributed by atoms with Crippen molar-refractivity contribution < 1.29 is 14.7 Å². The predicted molar refractivity (Wildman–Crippen MR) is 159 cm³/mol. The summed E-state index contributed by atoms with van der Waals surface area (Å²) in [6.07, 6.45) is 9.18. The Morgan fingerprint density at radius 2 is 1.79 bits per heavy atom. The van der Waals surface area contributed by atoms with Crippen LogP contribution in [0.4, 0.5) is 11.4 Å². The van der Waals surface area contributed by atoms with E-state index in [0.717, 1.165) is 49.0 Å². The van der Waals surface area contributed by atoms with Crippen LogP contribution in [0.1, 0.15) is 82.3 Å². The predicted octanol–water partition coefficient (Wildman–Crippen LogP) is 5.99. The van der Waals surface area contributed by atoms with E-state index in [1.54, 1.807) is 0 Å². The average molecular weight is 540 g/mol. The number of H-pyrrole nitrogens is 1. The number of likely N-dealkylation sites (N-methyl/N-ethyl adjacent to an activating group) is 1. The van der Waals surface area contributed by atoms with Crippen molar-refractivity contribution in [1.29, 1.82) is 0 Å². The molecule has 1 aliphatic heterocycles. The minimum Gasteiger partial charge on any atom is -0.366 e. The lowest BCUT2D eigenvalue weighted by molar-refractivity contribution is -0.505. The topological polar surface area (TPSA) is 113 Å². The number of benzene rings is 1. The smallest absolute Gasteiger partial charge is 0.299 e. The molecule has 2 aliphatic rings. The fourth-order valence-electron chi connectivity index (χ4n) is 4.31. The van der Waals surface area contributed by atoms with Gasteiger partial charge in [0.2, 0.25) is 0 Å². The number of hydrogen-bond acceptors (Lipinski definition) is 6. The van der Waals surface area contributed by atoms with Crippen molar-refractivity contribution in [2.24, 2.45) is 21.8 Å². The number of aromatic amines is 1. The van der Waals surface area contributed by atoms with Gasteiger partial charge in [-0.2, -0.15) is 0 Å². The van der Waals surface area contributed by atoms with E-state index in [1.807, 2.05) is 20.2 Å². The van der Waals surface area contributed by atoms with Crippen molar-refractivity contribution in [2.45, 2.75) is 72.6 Å². The second-order valence-corrected chi connectivity index (χ2v) is 10.4. The Hall–Kier alpha value is -3.33. The highest BCUT2D eigenvalue weighted by molar-refractivity contribution is 6.00. The van der Waals surface area contributed by atoms with Crippen LogP contribution in [0.15, 0.2) is 46.5 Å². The van der Waals surface area contributed by atoms with Crippen LogP contribution in [0.2, 0.25) is 0 Å². The van der Waals surface area contributed by atoms with Crippen molar-refractivity contribution in [3.05, 3.63) is 52.7 Å². The molecule has 9 nitrogen and oxygen atoms in total. The Bertz CT molecular complexity index is 1110. The average Bonchev–Trinajstić information content (AvgIpc) is 3.35. The third-order valence-electron chi connectivity index (χ3n) is 6.70. The van der Waals surface area contributed by atoms with Gasteiger partial charge in [0.15, 0.2) is 0 Å². The number of rotatable bonds is 6. The van der Waals surface area contributed by atoms with Crippen molar-refractivity contribution in [1.82, 2.24) is 15.2 Å². The highest BCUT2D eigenvalue weighted by Gasteiger charge is 2.21. The Kier molecular flexibility index (Phi) is 13.6. The van der Waals surface area contributed by atoms with E-state index >= 15 is 0 Å². The van der Waals surface area contributed by atoms with Crippen LogP contribution in [0.5, 0.6) is 0 Å². The van der Waals surface area contributed by atoms with Gasteiger partial charge in [-0.05, 0) is 36.3 Å². The van der Waals surface area contributed by atoms with Crippen molar-refractivity contribution in [3.8, 4) is 0 Å². The molecule has 0 unspecified atom stereocenters. The lowest BCUT2D eigenvalue weighted by atomic mass is 9.83. The summed E-state index contributed by atoms with van der Waals surface area (Å²) in [5.41, 5.74) is 2.90. The van der Waals surface area contributed by atoms with Crippen molar-refractivity contribution in [2.75, 3.05) is 27.4 Å². The number of carbonyl (C=O) groups is 1. The van der Waals surface area contributed by atoms with Gasteiger partial charge in [-0.15, -0.1) is 0 Å². The molecular formula is C30H47N6O3+. The third-order valence-corrected chi connectivity index (χ3v) is 6.70. The molecule has 4 rings (SSSR count). The Balaban J connectivity index is 0.000000253. The van der Waals surface area contributed by atoms with E-state index in [4.69, 9.17) is 5.11 Å². The number of para-hydroxylation sites is 1. The summed E-state index contributed by atoms with van der Waals surface area (Å²) < 4.78 is 0.413. The van der Waals surface area contributed by atoms with Gasteiger partial charge in [0, 0.05) is 44.5 Å². The number of aromatic nitrogens is 1. The number of aliphatic hydroxyl groups is 1. The maximum Gasteiger partial charge on any atom is 0.299 e. The van der Waals surface area contributed by atoms with E-state index in [1.165, 1.54) is 37.1 Å². The van der Waals surface area contributed by atoms with Crippen LogP contribution in [0.25, 0.3) is 0 Å². The van der Waals surface area contributed by atoms with E-state index in [2.05, 4.69) is 71.1 Å². The molecular weight excluding hydrogens is 492 g/mol. The first kappa shape index (κ1) is 31.9. The first-order valence-corrected chi connectivity index (χ1v) is 14.1. The highest BCUT2D eigenvalue weighted by Crippen LogP contribution is 2.28. The molecule has 3 N–H and O–H groups in total. The molecule has 1 amide bonds. The number of hydrogen-bond donors (Lipinski definition) is 3. The second-order valence-electron chi connectivity index (χ2n) is 10.4. The molecule has 0 bridgehead atoms. The molecule has 214 valence electrons. The molecule has 9 heteroatoms. The molecule has 1 aliphatic carbocycles. The first-order chi connectivity index (χ1) is 18.7. The Morgan fingerprint density at radius 3 is 2.41 bits per heavy atom. The summed E-state index contributed by atoms with van der Waals surface area (Å²) in [7, 11) is 4.06. The van der Waals surface area contributed by atoms with Gasteiger partial charge in [-0.1, -0.05) is 65.2 Å². The molecule has 1 fully saturated rings. The van der Waals surface area contributed by atoms with Crippen LogP contribution in [0.3, 0.4) is 0 Å². The van der Waals surface area contributed by atoms with E-state index in [0.29, 0.717) is 22.9 Å². The lowest BCUT2D eigenvalue weighted by Gasteiger charge is -2.26. The van der Waals surface area contributed by atoms with Gasteiger partial charge < -0.3 is 20.3 Å². The number of aliphatic imine (C=N–C) groups is 2. The summed E-state index contributed by atoms with van der Waals surface area (Å²) in [4.78, 5) is 37.2. The Morgan fingerprint density at radius 1 is 1.13 bits per heavy atom. The number of fused-ring (bicyclic) bond motifs is 1. The number of aliphatic hydroxyl groups excluding tert-OH is 1. The first-order valence-electron chi connectivity index (χ1n) is 14.1. The summed E-state index contributed by atoms with van der Waals surface area (Å²) in [6.45, 7) is 8.66. The molecule has 0 saturated heterocycles. The van der Waals surface area contributed by atoms with E-state index in [-0.39, 0.29) is 11.6 Å². The molecule has 39 heavy (non-hydrogen) atoms. The molecule has 2 heterocycles. The van der Waals surface area contributed by atoms with Crippen molar-refractivity contribution >= 4 is 29.0 Å². The van der Waals surface area contributed by atoms with Crippen LogP contribution in [-0.4, -0.2) is 64.7 Å². The van der Waals surface area contributed by atoms with Gasteiger partial charge in [0.1, 0.15) is 17.4 Å². The molecule has 1 aromatic heterocycles. The zero-order valence-electron chi connectivity index (χ0n) is 24.5. The minimum atomic E-state index is -0.626. The fraction of sp³-hybridized carbons (Fsp3) is 0.567. The molecule has 0 atom stereocenters. The summed E-state index contributed by atoms with van der Waals surface area (Å²) in [5.74, 6) is 3.13. The van der Waals surface area contributed by atoms with Gasteiger partial charge in [-0.25, -0.2) is 9.98 Å². The fourth-order valence-corrected chi connectivity index (χ4v) is 4.31. The molecule has 1 saturated carbocycles. The summed E-state index contributed by atoms with van der Waals surface area (Å²) in [6, 6.07) is 9.70. The van der Waals surface area contributed by atoms with Gasteiger partial charge in [0.25, 0.3) is 18.3 Å². The van der Waals surface area contributed by atoms with Crippen LogP contribution < -0.4 is 5.32 Å². The standard InChI is InChI=1S/C14H21N3O3.C13H17N3.C3H8/c1-10-2-4-11(5-3-10)7-16-14(19)13-6-12(8-15-13)17(20)9-18;1-4-12-14-11-8-6-5-7-10(11)9-13(15-12)16(2)3;1-3-2/h6,8,10-11,18H,2-5,7,9H2,1H3,(H-,15,16,19,20);5-8H,4,9H2,1-3H3;3H2,1-2H3/p+1. The van der Waals surface area contributed by atoms with Crippen molar-refractivity contribution in [3.63, 3.8) is 0 Å². The monoisotopic (exact) mass is 539 g/mol. The maximum absolute atomic E-state index is 12.0. The maximum atomic E-state index is 12.0. The number of amidine groups is 2. The van der Waals surface area contributed by atoms with Gasteiger partial charge >= 0.3 is 0 Å². The Labute approximate surface area is 233 Å². The SMILES string of the molecule is CC1CCC(CNC(=O)c2cc([N+](=O)CO)c[nH]2)CC1.CCC.CCC1=Nc2ccccc2CC(N(C)C)=N1. The number of nitrogens with zero attached hydrogens (tertiary/aromatic N) is 4. The largest absolute Gasteiger partial charge is 0.366 e. The van der Waals surface area contributed by atoms with Gasteiger partial charge in [0.05, 0.1) is 16.6 Å². The van der Waals surface area contributed by atoms with Crippen LogP contribution in [0, 0.1) is 16.7 Å². The number of carbonyl (C=O) groups excluding carboxylic acids is 1. The lowest BCUT2D eigenvalue weighted by Crippen LogP contribution is -2.31. The number of nitroso groups, excluding NO2 is 1. The molecule has 0 spiro atoms. The zero-order valence-corrected chi connectivity index (χ0v) is 24.5. The summed E-state index contributed by atoms with van der Waals surface area (Å²) >= 11 is 0. The second kappa shape index (κ2) is 16.6. The quantitative estimate of drug-likeness (QED) is 0.309. The minimum absolute atomic E-state index is 0.207. The van der Waals surface area contributed by atoms with E-state index < -0.39 is 6.73 Å². The third kappa shape index (κ3) is 10.4. The normalized spacial score (nSPS) is 18.0. The van der Waals surface area contributed by atoms with Crippen LogP contribution >= 0.6 is 0 Å². The van der Waals surface area contributed by atoms with Crippen LogP contribution in [-0.2, 0) is 6.42 Å². The number of amides is 1. The highest BCUT2D eigenvalue weighted by atomic mass is 16.4. The molecule has 0 radical (unpaired) electrons.